The van der Waals surface area contributed by atoms with Gasteiger partial charge in [-0.15, -0.1) is 5.10 Å². The topological polar surface area (TPSA) is 89.2 Å². The van der Waals surface area contributed by atoms with Crippen molar-refractivity contribution in [1.29, 1.82) is 0 Å². The molecule has 128 valence electrons. The summed E-state index contributed by atoms with van der Waals surface area (Å²) >= 11 is 0. The highest BCUT2D eigenvalue weighted by atomic mass is 16.2. The molecule has 4 aromatic heterocycles. The van der Waals surface area contributed by atoms with Gasteiger partial charge in [0, 0.05) is 31.2 Å². The van der Waals surface area contributed by atoms with Crippen molar-refractivity contribution in [3.05, 3.63) is 66.4 Å². The molecule has 0 atom stereocenters. The molecule has 0 saturated carbocycles. The molecule has 0 aliphatic rings. The monoisotopic (exact) mass is 345 g/mol. The van der Waals surface area contributed by atoms with Crippen LogP contribution in [0.5, 0.6) is 0 Å². The first-order valence-electron chi connectivity index (χ1n) is 7.96. The van der Waals surface area contributed by atoms with Crippen LogP contribution in [-0.4, -0.2) is 42.7 Å². The fraction of sp³-hybridized carbons (Fsp3) is 0.111. The third-order valence-electron chi connectivity index (χ3n) is 4.02. The zero-order chi connectivity index (χ0) is 18.1. The lowest BCUT2D eigenvalue weighted by Gasteiger charge is -2.14. The Morgan fingerprint density at radius 3 is 2.69 bits per heavy atom. The number of fused-ring (bicyclic) bond motifs is 1. The van der Waals surface area contributed by atoms with Crippen LogP contribution in [0.2, 0.25) is 0 Å². The fourth-order valence-corrected chi connectivity index (χ4v) is 2.63. The van der Waals surface area contributed by atoms with Gasteiger partial charge in [0.05, 0.1) is 17.6 Å². The Labute approximate surface area is 149 Å². The summed E-state index contributed by atoms with van der Waals surface area (Å²) in [6.07, 6.45) is 6.62. The smallest absolute Gasteiger partial charge is 0.264 e. The second-order valence-corrected chi connectivity index (χ2v) is 5.76. The van der Waals surface area contributed by atoms with Crippen molar-refractivity contribution in [2.75, 3.05) is 11.9 Å². The Kier molecular flexibility index (Phi) is 3.85. The number of amides is 1. The molecule has 0 aromatic carbocycles. The number of carbonyl (C=O) groups excluding carboxylic acids is 1. The van der Waals surface area contributed by atoms with Gasteiger partial charge in [-0.25, -0.2) is 9.50 Å². The number of anilines is 1. The minimum atomic E-state index is -0.256. The zero-order valence-electron chi connectivity index (χ0n) is 14.2. The number of hydrogen-bond acceptors (Lipinski definition) is 6. The molecule has 0 aliphatic heterocycles. The summed E-state index contributed by atoms with van der Waals surface area (Å²) in [5.41, 5.74) is 3.34. The molecule has 1 amide bonds. The van der Waals surface area contributed by atoms with Crippen molar-refractivity contribution in [2.45, 2.75) is 6.92 Å². The Morgan fingerprint density at radius 2 is 1.96 bits per heavy atom. The van der Waals surface area contributed by atoms with E-state index >= 15 is 0 Å². The van der Waals surface area contributed by atoms with Crippen LogP contribution in [0.3, 0.4) is 0 Å². The largest absolute Gasteiger partial charge is 0.294 e. The molecule has 4 aromatic rings. The first-order chi connectivity index (χ1) is 12.6. The summed E-state index contributed by atoms with van der Waals surface area (Å²) in [5, 5.41) is 12.4. The molecule has 4 rings (SSSR count). The number of aryl methyl sites for hydroxylation is 1. The second-order valence-electron chi connectivity index (χ2n) is 5.76. The average Bonchev–Trinajstić information content (AvgIpc) is 3.12. The molecule has 0 saturated heterocycles. The molecule has 4 heterocycles. The van der Waals surface area contributed by atoms with E-state index in [0.717, 1.165) is 17.0 Å². The molecule has 0 spiro atoms. The van der Waals surface area contributed by atoms with Crippen LogP contribution in [0, 0.1) is 6.92 Å². The number of rotatable bonds is 3. The SMILES string of the molecule is Cc1ccc(N(C)C(=O)c2cnn3c(-c4cccnc4)ccnc23)nn1. The van der Waals surface area contributed by atoms with Crippen molar-refractivity contribution >= 4 is 17.4 Å². The van der Waals surface area contributed by atoms with E-state index in [4.69, 9.17) is 0 Å². The van der Waals surface area contributed by atoms with E-state index in [9.17, 15) is 4.79 Å². The molecule has 8 heteroatoms. The highest BCUT2D eigenvalue weighted by Crippen LogP contribution is 2.21. The van der Waals surface area contributed by atoms with Gasteiger partial charge in [0.25, 0.3) is 5.91 Å². The van der Waals surface area contributed by atoms with Gasteiger partial charge in [0.1, 0.15) is 5.56 Å². The number of carbonyl (C=O) groups is 1. The molecule has 0 radical (unpaired) electrons. The van der Waals surface area contributed by atoms with Crippen LogP contribution in [0.25, 0.3) is 16.9 Å². The van der Waals surface area contributed by atoms with Gasteiger partial charge in [-0.3, -0.25) is 14.7 Å². The summed E-state index contributed by atoms with van der Waals surface area (Å²) in [7, 11) is 1.65. The summed E-state index contributed by atoms with van der Waals surface area (Å²) in [6.45, 7) is 1.84. The minimum Gasteiger partial charge on any atom is -0.294 e. The Morgan fingerprint density at radius 1 is 1.08 bits per heavy atom. The number of pyridine rings is 1. The van der Waals surface area contributed by atoms with E-state index in [1.165, 1.54) is 11.1 Å². The summed E-state index contributed by atoms with van der Waals surface area (Å²) in [6, 6.07) is 9.17. The molecule has 0 unspecified atom stereocenters. The minimum absolute atomic E-state index is 0.256. The summed E-state index contributed by atoms with van der Waals surface area (Å²) in [5.74, 6) is 0.206. The summed E-state index contributed by atoms with van der Waals surface area (Å²) < 4.78 is 1.64. The van der Waals surface area contributed by atoms with E-state index < -0.39 is 0 Å². The Bertz CT molecular complexity index is 1070. The quantitative estimate of drug-likeness (QED) is 0.565. The van der Waals surface area contributed by atoms with Crippen LogP contribution in [0.15, 0.2) is 55.1 Å². The van der Waals surface area contributed by atoms with Crippen molar-refractivity contribution in [1.82, 2.24) is 29.8 Å². The first kappa shape index (κ1) is 15.8. The van der Waals surface area contributed by atoms with E-state index in [-0.39, 0.29) is 5.91 Å². The van der Waals surface area contributed by atoms with Crippen LogP contribution >= 0.6 is 0 Å². The first-order valence-corrected chi connectivity index (χ1v) is 7.96. The summed E-state index contributed by atoms with van der Waals surface area (Å²) in [4.78, 5) is 22.8. The lowest BCUT2D eigenvalue weighted by Crippen LogP contribution is -2.27. The number of aromatic nitrogens is 6. The number of nitrogens with zero attached hydrogens (tertiary/aromatic N) is 7. The van der Waals surface area contributed by atoms with Gasteiger partial charge in [0.15, 0.2) is 11.5 Å². The third-order valence-corrected chi connectivity index (χ3v) is 4.02. The highest BCUT2D eigenvalue weighted by Gasteiger charge is 2.21. The van der Waals surface area contributed by atoms with Crippen molar-refractivity contribution in [3.63, 3.8) is 0 Å². The van der Waals surface area contributed by atoms with E-state index in [2.05, 4.69) is 25.3 Å². The lowest BCUT2D eigenvalue weighted by molar-refractivity contribution is 0.0993. The predicted molar refractivity (Wildman–Crippen MR) is 95.7 cm³/mol. The maximum Gasteiger partial charge on any atom is 0.264 e. The molecule has 0 N–H and O–H groups in total. The molecule has 0 fully saturated rings. The molecular formula is C18H15N7O. The normalized spacial score (nSPS) is 10.8. The van der Waals surface area contributed by atoms with Crippen LogP contribution < -0.4 is 4.90 Å². The standard InChI is InChI=1S/C18H15N7O/c1-12-5-6-16(23-22-12)24(2)18(26)14-11-21-25-15(7-9-20-17(14)25)13-4-3-8-19-10-13/h3-11H,1-2H3. The second kappa shape index (κ2) is 6.32. The van der Waals surface area contributed by atoms with Gasteiger partial charge in [0.2, 0.25) is 0 Å². The number of hydrogen-bond donors (Lipinski definition) is 0. The maximum atomic E-state index is 12.9. The third kappa shape index (κ3) is 2.67. The van der Waals surface area contributed by atoms with E-state index in [1.807, 2.05) is 25.1 Å². The zero-order valence-corrected chi connectivity index (χ0v) is 14.2. The molecule has 0 aliphatic carbocycles. The van der Waals surface area contributed by atoms with Crippen LogP contribution in [-0.2, 0) is 0 Å². The van der Waals surface area contributed by atoms with Crippen molar-refractivity contribution < 1.29 is 4.79 Å². The van der Waals surface area contributed by atoms with Crippen LogP contribution in [0.1, 0.15) is 16.1 Å². The van der Waals surface area contributed by atoms with Gasteiger partial charge in [-0.05, 0) is 37.3 Å². The Hall–Kier alpha value is -3.68. The molecule has 8 nitrogen and oxygen atoms in total. The van der Waals surface area contributed by atoms with Gasteiger partial charge < -0.3 is 0 Å². The van der Waals surface area contributed by atoms with Crippen LogP contribution in [0.4, 0.5) is 5.82 Å². The highest BCUT2D eigenvalue weighted by molar-refractivity contribution is 6.09. The molecular weight excluding hydrogens is 330 g/mol. The van der Waals surface area contributed by atoms with Gasteiger partial charge in [-0.2, -0.15) is 10.2 Å². The van der Waals surface area contributed by atoms with Gasteiger partial charge >= 0.3 is 0 Å². The molecule has 0 bridgehead atoms. The van der Waals surface area contributed by atoms with Crippen molar-refractivity contribution in [2.24, 2.45) is 0 Å². The van der Waals surface area contributed by atoms with Gasteiger partial charge in [-0.1, -0.05) is 0 Å². The van der Waals surface area contributed by atoms with E-state index in [1.54, 1.807) is 42.3 Å². The average molecular weight is 345 g/mol. The fourth-order valence-electron chi connectivity index (χ4n) is 2.63. The molecule has 26 heavy (non-hydrogen) atoms. The predicted octanol–water partition coefficient (Wildman–Crippen LogP) is 2.17. The van der Waals surface area contributed by atoms with Crippen molar-refractivity contribution in [3.8, 4) is 11.3 Å². The van der Waals surface area contributed by atoms with E-state index in [0.29, 0.717) is 17.0 Å². The Balaban J connectivity index is 1.76. The maximum absolute atomic E-state index is 12.9. The lowest BCUT2D eigenvalue weighted by atomic mass is 10.2.